The highest BCUT2D eigenvalue weighted by Gasteiger charge is 2.14. The van der Waals surface area contributed by atoms with E-state index in [0.717, 1.165) is 18.6 Å². The molecule has 0 aliphatic carbocycles. The van der Waals surface area contributed by atoms with Crippen molar-refractivity contribution in [3.63, 3.8) is 0 Å². The Morgan fingerprint density at radius 2 is 2.27 bits per heavy atom. The molecule has 0 spiro atoms. The summed E-state index contributed by atoms with van der Waals surface area (Å²) in [5, 5.41) is 2.97. The summed E-state index contributed by atoms with van der Waals surface area (Å²) in [7, 11) is 0. The second-order valence-corrected chi connectivity index (χ2v) is 4.00. The summed E-state index contributed by atoms with van der Waals surface area (Å²) in [6, 6.07) is 3.91. The van der Waals surface area contributed by atoms with Gasteiger partial charge < -0.3 is 9.73 Å². The molecule has 0 fully saturated rings. The molecular weight excluding hydrogens is 190 g/mol. The normalized spacial score (nSPS) is 14.6. The van der Waals surface area contributed by atoms with Gasteiger partial charge in [0.2, 0.25) is 5.91 Å². The largest absolute Gasteiger partial charge is 0.469 e. The average molecular weight is 209 g/mol. The van der Waals surface area contributed by atoms with Gasteiger partial charge in [-0.1, -0.05) is 13.8 Å². The molecule has 3 heteroatoms. The summed E-state index contributed by atoms with van der Waals surface area (Å²) >= 11 is 0. The molecule has 1 rings (SSSR count). The van der Waals surface area contributed by atoms with Gasteiger partial charge >= 0.3 is 0 Å². The number of furan rings is 1. The molecule has 1 heterocycles. The molecule has 1 amide bonds. The van der Waals surface area contributed by atoms with Crippen molar-refractivity contribution in [1.29, 1.82) is 0 Å². The Labute approximate surface area is 90.9 Å². The van der Waals surface area contributed by atoms with E-state index in [2.05, 4.69) is 5.32 Å². The lowest BCUT2D eigenvalue weighted by molar-refractivity contribution is -0.125. The summed E-state index contributed by atoms with van der Waals surface area (Å²) in [5.74, 6) is 1.12. The zero-order valence-electron chi connectivity index (χ0n) is 9.62. The maximum atomic E-state index is 11.6. The molecule has 1 aromatic rings. The lowest BCUT2D eigenvalue weighted by Crippen LogP contribution is -2.37. The molecule has 84 valence electrons. The topological polar surface area (TPSA) is 42.2 Å². The van der Waals surface area contributed by atoms with Gasteiger partial charge in [0.25, 0.3) is 0 Å². The fourth-order valence-corrected chi connectivity index (χ4v) is 1.35. The molecule has 1 aromatic heterocycles. The minimum atomic E-state index is 0.0871. The fraction of sp³-hybridized carbons (Fsp3) is 0.583. The van der Waals surface area contributed by atoms with Crippen molar-refractivity contribution in [2.45, 2.75) is 39.7 Å². The van der Waals surface area contributed by atoms with Crippen molar-refractivity contribution in [2.75, 3.05) is 0 Å². The first kappa shape index (κ1) is 11.8. The minimum Gasteiger partial charge on any atom is -0.469 e. The van der Waals surface area contributed by atoms with Crippen LogP contribution < -0.4 is 5.32 Å². The minimum absolute atomic E-state index is 0.0871. The van der Waals surface area contributed by atoms with E-state index in [4.69, 9.17) is 4.42 Å². The van der Waals surface area contributed by atoms with Gasteiger partial charge in [0.1, 0.15) is 5.76 Å². The summed E-state index contributed by atoms with van der Waals surface area (Å²) in [6.45, 7) is 5.94. The standard InChI is InChI=1S/C12H19NO2/c1-4-9(2)12(14)13-10(3)8-11-6-5-7-15-11/h5-7,9-10H,4,8H2,1-3H3,(H,13,14)/t9-,10-/m0/s1. The quantitative estimate of drug-likeness (QED) is 0.809. The van der Waals surface area contributed by atoms with Gasteiger partial charge in [-0.15, -0.1) is 0 Å². The smallest absolute Gasteiger partial charge is 0.223 e. The number of hydrogen-bond acceptors (Lipinski definition) is 2. The Morgan fingerprint density at radius 3 is 2.80 bits per heavy atom. The maximum absolute atomic E-state index is 11.6. The van der Waals surface area contributed by atoms with Gasteiger partial charge in [-0.25, -0.2) is 0 Å². The third-order valence-corrected chi connectivity index (χ3v) is 2.54. The molecule has 0 radical (unpaired) electrons. The van der Waals surface area contributed by atoms with Crippen LogP contribution in [0.4, 0.5) is 0 Å². The molecule has 0 saturated heterocycles. The third-order valence-electron chi connectivity index (χ3n) is 2.54. The van der Waals surface area contributed by atoms with Crippen molar-refractivity contribution in [1.82, 2.24) is 5.32 Å². The Morgan fingerprint density at radius 1 is 1.53 bits per heavy atom. The van der Waals surface area contributed by atoms with Crippen LogP contribution in [0.2, 0.25) is 0 Å². The van der Waals surface area contributed by atoms with Crippen LogP contribution in [0.5, 0.6) is 0 Å². The van der Waals surface area contributed by atoms with Crippen molar-refractivity contribution in [3.8, 4) is 0 Å². The molecule has 0 aliphatic heterocycles. The number of nitrogens with one attached hydrogen (secondary N) is 1. The van der Waals surface area contributed by atoms with E-state index in [1.54, 1.807) is 6.26 Å². The fourth-order valence-electron chi connectivity index (χ4n) is 1.35. The molecule has 0 saturated carbocycles. The van der Waals surface area contributed by atoms with E-state index < -0.39 is 0 Å². The SMILES string of the molecule is CC[C@H](C)C(=O)N[C@@H](C)Cc1ccco1. The van der Waals surface area contributed by atoms with Crippen LogP contribution in [-0.2, 0) is 11.2 Å². The lowest BCUT2D eigenvalue weighted by Gasteiger charge is -2.15. The number of hydrogen-bond donors (Lipinski definition) is 1. The molecule has 1 N–H and O–H groups in total. The Bertz CT molecular complexity index is 293. The highest BCUT2D eigenvalue weighted by atomic mass is 16.3. The zero-order valence-corrected chi connectivity index (χ0v) is 9.62. The number of carbonyl (C=O) groups is 1. The van der Waals surface area contributed by atoms with Crippen molar-refractivity contribution >= 4 is 5.91 Å². The molecule has 15 heavy (non-hydrogen) atoms. The Hall–Kier alpha value is -1.25. The zero-order chi connectivity index (χ0) is 11.3. The average Bonchev–Trinajstić information content (AvgIpc) is 2.68. The second kappa shape index (κ2) is 5.59. The van der Waals surface area contributed by atoms with Crippen LogP contribution in [0.1, 0.15) is 33.0 Å². The monoisotopic (exact) mass is 209 g/mol. The first-order valence-electron chi connectivity index (χ1n) is 5.46. The van der Waals surface area contributed by atoms with Crippen molar-refractivity contribution in [2.24, 2.45) is 5.92 Å². The molecule has 0 aliphatic rings. The molecule has 2 atom stereocenters. The second-order valence-electron chi connectivity index (χ2n) is 4.00. The van der Waals surface area contributed by atoms with E-state index >= 15 is 0 Å². The van der Waals surface area contributed by atoms with E-state index in [1.165, 1.54) is 0 Å². The molecule has 0 unspecified atom stereocenters. The van der Waals surface area contributed by atoms with E-state index in [-0.39, 0.29) is 17.9 Å². The van der Waals surface area contributed by atoms with E-state index in [0.29, 0.717) is 0 Å². The van der Waals surface area contributed by atoms with Crippen LogP contribution in [0.15, 0.2) is 22.8 Å². The van der Waals surface area contributed by atoms with Gasteiger partial charge in [0, 0.05) is 18.4 Å². The van der Waals surface area contributed by atoms with Crippen LogP contribution in [0, 0.1) is 5.92 Å². The van der Waals surface area contributed by atoms with E-state index in [9.17, 15) is 4.79 Å². The highest BCUT2D eigenvalue weighted by molar-refractivity contribution is 5.78. The van der Waals surface area contributed by atoms with Gasteiger partial charge in [-0.2, -0.15) is 0 Å². The summed E-state index contributed by atoms with van der Waals surface area (Å²) in [6.07, 6.45) is 3.27. The van der Waals surface area contributed by atoms with Gasteiger partial charge in [-0.05, 0) is 25.5 Å². The van der Waals surface area contributed by atoms with Gasteiger partial charge in [-0.3, -0.25) is 4.79 Å². The molecule has 0 aromatic carbocycles. The Kier molecular flexibility index (Phi) is 4.40. The third kappa shape index (κ3) is 3.78. The number of rotatable bonds is 5. The first-order chi connectivity index (χ1) is 7.13. The van der Waals surface area contributed by atoms with Gasteiger partial charge in [0.15, 0.2) is 0 Å². The summed E-state index contributed by atoms with van der Waals surface area (Å²) in [4.78, 5) is 11.6. The van der Waals surface area contributed by atoms with Crippen molar-refractivity contribution in [3.05, 3.63) is 24.2 Å². The molecule has 0 bridgehead atoms. The number of carbonyl (C=O) groups excluding carboxylic acids is 1. The molecule has 3 nitrogen and oxygen atoms in total. The van der Waals surface area contributed by atoms with Crippen LogP contribution in [0.25, 0.3) is 0 Å². The van der Waals surface area contributed by atoms with Crippen molar-refractivity contribution < 1.29 is 9.21 Å². The maximum Gasteiger partial charge on any atom is 0.223 e. The predicted octanol–water partition coefficient (Wildman–Crippen LogP) is 2.37. The van der Waals surface area contributed by atoms with E-state index in [1.807, 2.05) is 32.9 Å². The van der Waals surface area contributed by atoms with Gasteiger partial charge in [0.05, 0.1) is 6.26 Å². The van der Waals surface area contributed by atoms with Crippen LogP contribution >= 0.6 is 0 Å². The summed E-state index contributed by atoms with van der Waals surface area (Å²) in [5.41, 5.74) is 0. The Balaban J connectivity index is 2.36. The van der Waals surface area contributed by atoms with Crippen LogP contribution in [0.3, 0.4) is 0 Å². The number of amides is 1. The summed E-state index contributed by atoms with van der Waals surface area (Å²) < 4.78 is 5.22. The molecular formula is C12H19NO2. The first-order valence-corrected chi connectivity index (χ1v) is 5.46. The lowest BCUT2D eigenvalue weighted by atomic mass is 10.1. The highest BCUT2D eigenvalue weighted by Crippen LogP contribution is 2.05. The van der Waals surface area contributed by atoms with Crippen LogP contribution in [-0.4, -0.2) is 11.9 Å². The predicted molar refractivity (Wildman–Crippen MR) is 59.5 cm³/mol.